The van der Waals surface area contributed by atoms with Crippen LogP contribution in [-0.2, 0) is 4.79 Å². The van der Waals surface area contributed by atoms with Gasteiger partial charge in [0, 0.05) is 23.2 Å². The van der Waals surface area contributed by atoms with E-state index in [1.165, 1.54) is 0 Å². The van der Waals surface area contributed by atoms with Crippen LogP contribution in [0.4, 0.5) is 20.3 Å². The number of amides is 1. The van der Waals surface area contributed by atoms with Crippen molar-refractivity contribution < 1.29 is 13.6 Å². The van der Waals surface area contributed by atoms with Gasteiger partial charge < -0.3 is 11.1 Å². The van der Waals surface area contributed by atoms with Crippen LogP contribution in [0.5, 0.6) is 0 Å². The summed E-state index contributed by atoms with van der Waals surface area (Å²) < 4.78 is 28.1. The number of aromatic nitrogens is 2. The molecule has 1 atom stereocenters. The molecule has 2 heterocycles. The van der Waals surface area contributed by atoms with Crippen molar-refractivity contribution in [2.75, 3.05) is 11.1 Å². The Bertz CT molecular complexity index is 831. The van der Waals surface area contributed by atoms with Gasteiger partial charge in [0.25, 0.3) is 5.92 Å². The van der Waals surface area contributed by atoms with Crippen molar-refractivity contribution in [2.24, 2.45) is 0 Å². The Hall–Kier alpha value is -2.90. The van der Waals surface area contributed by atoms with E-state index in [0.717, 1.165) is 13.3 Å². The Kier molecular flexibility index (Phi) is 3.75. The van der Waals surface area contributed by atoms with Gasteiger partial charge in [0.15, 0.2) is 0 Å². The van der Waals surface area contributed by atoms with Gasteiger partial charge >= 0.3 is 0 Å². The molecule has 1 aromatic heterocycles. The summed E-state index contributed by atoms with van der Waals surface area (Å²) in [6, 6.07) is 6.64. The quantitative estimate of drug-likeness (QED) is 0.594. The molecule has 0 fully saturated rings. The number of nitrogens with one attached hydrogen (secondary N) is 2. The third-order valence-corrected chi connectivity index (χ3v) is 3.96. The highest BCUT2D eigenvalue weighted by Crippen LogP contribution is 2.43. The molecule has 1 aliphatic heterocycles. The number of rotatable bonds is 3. The predicted molar refractivity (Wildman–Crippen MR) is 85.4 cm³/mol. The lowest BCUT2D eigenvalue weighted by atomic mass is 9.84. The maximum atomic E-state index is 14.1. The van der Waals surface area contributed by atoms with Crippen LogP contribution < -0.4 is 11.1 Å². The fourth-order valence-electron chi connectivity index (χ4n) is 2.78. The summed E-state index contributed by atoms with van der Waals surface area (Å²) >= 11 is 0. The third kappa shape index (κ3) is 2.70. The Balaban J connectivity index is 2.18. The van der Waals surface area contributed by atoms with E-state index in [9.17, 15) is 13.6 Å². The second-order valence-corrected chi connectivity index (χ2v) is 5.71. The minimum atomic E-state index is -3.16. The zero-order chi connectivity index (χ0) is 17.5. The van der Waals surface area contributed by atoms with Crippen molar-refractivity contribution in [2.45, 2.75) is 25.2 Å². The van der Waals surface area contributed by atoms with Gasteiger partial charge in [0.2, 0.25) is 5.91 Å². The van der Waals surface area contributed by atoms with Crippen LogP contribution in [0, 0.1) is 5.41 Å². The van der Waals surface area contributed by atoms with Crippen LogP contribution in [0.25, 0.3) is 0 Å². The normalized spacial score (nSPS) is 17.1. The van der Waals surface area contributed by atoms with Crippen molar-refractivity contribution in [3.8, 4) is 0 Å². The maximum Gasteiger partial charge on any atom is 0.252 e. The molecule has 24 heavy (non-hydrogen) atoms. The van der Waals surface area contributed by atoms with E-state index >= 15 is 0 Å². The number of halogens is 2. The number of nitrogen functional groups attached to an aromatic ring is 1. The van der Waals surface area contributed by atoms with Gasteiger partial charge in [-0.2, -0.15) is 0 Å². The standard InChI is InChI=1S/C16H15F2N5O/c1-16(17,18)9-6-11(24)23-15-12(9)14(21-7-22-15)13(20)8-4-2-3-5-10(8)19/h2-5,7,9,20H,6,19H2,1H3,(H,21,22,23,24). The molecule has 6 nitrogen and oxygen atoms in total. The molecular formula is C16H15F2N5O. The monoisotopic (exact) mass is 331 g/mol. The number of nitrogens with two attached hydrogens (primary N) is 1. The molecule has 1 unspecified atom stereocenters. The topological polar surface area (TPSA) is 105 Å². The lowest BCUT2D eigenvalue weighted by Crippen LogP contribution is -2.34. The van der Waals surface area contributed by atoms with Gasteiger partial charge in [-0.05, 0) is 13.0 Å². The van der Waals surface area contributed by atoms with Gasteiger partial charge in [-0.3, -0.25) is 10.2 Å². The Morgan fingerprint density at radius 1 is 1.38 bits per heavy atom. The van der Waals surface area contributed by atoms with Gasteiger partial charge in [0.05, 0.1) is 17.3 Å². The summed E-state index contributed by atoms with van der Waals surface area (Å²) in [6.45, 7) is 0.747. The van der Waals surface area contributed by atoms with E-state index in [2.05, 4.69) is 15.3 Å². The van der Waals surface area contributed by atoms with Crippen molar-refractivity contribution in [3.63, 3.8) is 0 Å². The number of anilines is 2. The fourth-order valence-corrected chi connectivity index (χ4v) is 2.78. The average molecular weight is 331 g/mol. The number of para-hydroxylation sites is 1. The van der Waals surface area contributed by atoms with Gasteiger partial charge in [-0.25, -0.2) is 18.7 Å². The first kappa shape index (κ1) is 16.0. The molecular weight excluding hydrogens is 316 g/mol. The van der Waals surface area contributed by atoms with Crippen molar-refractivity contribution >= 4 is 23.1 Å². The second-order valence-electron chi connectivity index (χ2n) is 5.71. The fraction of sp³-hybridized carbons (Fsp3) is 0.250. The van der Waals surface area contributed by atoms with E-state index in [0.29, 0.717) is 11.3 Å². The van der Waals surface area contributed by atoms with Crippen LogP contribution in [0.2, 0.25) is 0 Å². The van der Waals surface area contributed by atoms with Gasteiger partial charge in [-0.15, -0.1) is 0 Å². The van der Waals surface area contributed by atoms with Crippen molar-refractivity contribution in [1.29, 1.82) is 5.41 Å². The molecule has 4 N–H and O–H groups in total. The van der Waals surface area contributed by atoms with Gasteiger partial charge in [-0.1, -0.05) is 18.2 Å². The number of alkyl halides is 2. The van der Waals surface area contributed by atoms with Crippen LogP contribution in [0.1, 0.15) is 36.1 Å². The predicted octanol–water partition coefficient (Wildman–Crippen LogP) is 2.56. The first-order valence-corrected chi connectivity index (χ1v) is 7.25. The summed E-state index contributed by atoms with van der Waals surface area (Å²) in [5.74, 6) is -5.08. The molecule has 1 amide bonds. The van der Waals surface area contributed by atoms with E-state index in [4.69, 9.17) is 11.1 Å². The SMILES string of the molecule is CC(F)(F)C1CC(=O)Nc2ncnc(C(=N)c3ccccc3N)c21. The molecule has 0 aliphatic carbocycles. The Morgan fingerprint density at radius 2 is 2.08 bits per heavy atom. The zero-order valence-corrected chi connectivity index (χ0v) is 12.8. The zero-order valence-electron chi connectivity index (χ0n) is 12.8. The molecule has 0 spiro atoms. The van der Waals surface area contributed by atoms with E-state index < -0.39 is 24.2 Å². The molecule has 1 aliphatic rings. The number of carbonyl (C=O) groups is 1. The minimum Gasteiger partial charge on any atom is -0.398 e. The van der Waals surface area contributed by atoms with Gasteiger partial charge in [0.1, 0.15) is 12.1 Å². The lowest BCUT2D eigenvalue weighted by Gasteiger charge is -2.30. The minimum absolute atomic E-state index is 0.0158. The summed E-state index contributed by atoms with van der Waals surface area (Å²) in [6.07, 6.45) is 0.743. The van der Waals surface area contributed by atoms with Crippen molar-refractivity contribution in [1.82, 2.24) is 9.97 Å². The first-order chi connectivity index (χ1) is 11.3. The summed E-state index contributed by atoms with van der Waals surface area (Å²) in [5.41, 5.74) is 6.63. The number of carbonyl (C=O) groups excluding carboxylic acids is 1. The molecule has 2 aromatic rings. The van der Waals surface area contributed by atoms with Crippen LogP contribution in [0.15, 0.2) is 30.6 Å². The highest BCUT2D eigenvalue weighted by atomic mass is 19.3. The molecule has 0 bridgehead atoms. The smallest absolute Gasteiger partial charge is 0.252 e. The summed E-state index contributed by atoms with van der Waals surface area (Å²) in [5, 5.41) is 10.8. The Morgan fingerprint density at radius 3 is 2.75 bits per heavy atom. The first-order valence-electron chi connectivity index (χ1n) is 7.25. The largest absolute Gasteiger partial charge is 0.398 e. The number of benzene rings is 1. The maximum absolute atomic E-state index is 14.1. The molecule has 8 heteroatoms. The Labute approximate surface area is 136 Å². The lowest BCUT2D eigenvalue weighted by molar-refractivity contribution is -0.119. The van der Waals surface area contributed by atoms with Crippen LogP contribution >= 0.6 is 0 Å². The molecule has 3 rings (SSSR count). The van der Waals surface area contributed by atoms with E-state index in [1.807, 2.05) is 0 Å². The molecule has 0 saturated heterocycles. The highest BCUT2D eigenvalue weighted by molar-refractivity contribution is 6.14. The van der Waals surface area contributed by atoms with Crippen molar-refractivity contribution in [3.05, 3.63) is 47.4 Å². The van der Waals surface area contributed by atoms with E-state index in [1.54, 1.807) is 24.3 Å². The summed E-state index contributed by atoms with van der Waals surface area (Å²) in [7, 11) is 0. The second kappa shape index (κ2) is 5.63. The van der Waals surface area contributed by atoms with E-state index in [-0.39, 0.29) is 22.8 Å². The number of hydrogen-bond acceptors (Lipinski definition) is 5. The molecule has 124 valence electrons. The van der Waals surface area contributed by atoms with Crippen LogP contribution in [0.3, 0.4) is 0 Å². The average Bonchev–Trinajstić information content (AvgIpc) is 2.52. The molecule has 0 radical (unpaired) electrons. The highest BCUT2D eigenvalue weighted by Gasteiger charge is 2.43. The number of nitrogens with zero attached hydrogens (tertiary/aromatic N) is 2. The number of hydrogen-bond donors (Lipinski definition) is 3. The van der Waals surface area contributed by atoms with Crippen LogP contribution in [-0.4, -0.2) is 27.5 Å². The third-order valence-electron chi connectivity index (χ3n) is 3.96. The number of fused-ring (bicyclic) bond motifs is 1. The summed E-state index contributed by atoms with van der Waals surface area (Å²) in [4.78, 5) is 19.6. The molecule has 0 saturated carbocycles. The molecule has 1 aromatic carbocycles.